The van der Waals surface area contributed by atoms with Crippen molar-refractivity contribution >= 4 is 32.3 Å². The van der Waals surface area contributed by atoms with Gasteiger partial charge in [0.15, 0.2) is 9.84 Å². The lowest BCUT2D eigenvalue weighted by atomic mass is 9.70. The van der Waals surface area contributed by atoms with Crippen molar-refractivity contribution in [3.8, 4) is 5.88 Å². The summed E-state index contributed by atoms with van der Waals surface area (Å²) in [4.78, 5) is 4.81. The van der Waals surface area contributed by atoms with Crippen LogP contribution in [0.15, 0.2) is 71.6 Å². The maximum absolute atomic E-state index is 14.5. The highest BCUT2D eigenvalue weighted by atomic mass is 35.5. The molecule has 0 radical (unpaired) electrons. The number of fused-ring (bicyclic) bond motifs is 1. The summed E-state index contributed by atoms with van der Waals surface area (Å²) in [7, 11) is -1.97. The van der Waals surface area contributed by atoms with Gasteiger partial charge in [0.25, 0.3) is 0 Å². The molecule has 3 unspecified atom stereocenters. The molecule has 0 bridgehead atoms. The molecule has 1 aromatic heterocycles. The van der Waals surface area contributed by atoms with Crippen molar-refractivity contribution in [2.75, 3.05) is 19.9 Å². The van der Waals surface area contributed by atoms with E-state index in [4.69, 9.17) is 16.3 Å². The molecule has 40 heavy (non-hydrogen) atoms. The lowest BCUT2D eigenvalue weighted by molar-refractivity contribution is -0.0191. The number of hydrogen-bond donors (Lipinski definition) is 2. The van der Waals surface area contributed by atoms with Crippen LogP contribution in [0.5, 0.6) is 5.88 Å². The third-order valence-electron chi connectivity index (χ3n) is 7.50. The number of aromatic nitrogens is 1. The van der Waals surface area contributed by atoms with E-state index in [1.807, 2.05) is 6.07 Å². The van der Waals surface area contributed by atoms with E-state index in [1.54, 1.807) is 36.4 Å². The van der Waals surface area contributed by atoms with Crippen LogP contribution in [0.4, 0.5) is 8.78 Å². The SMILES string of the molecule is COc1nc2ccc(S(C)(=O)=O)cc2cc1C(c1cccc(Cl)c1)C1(O)CCNC(Cc2ccc(F)cc2F)C1. The predicted octanol–water partition coefficient (Wildman–Crippen LogP) is 5.44. The van der Waals surface area contributed by atoms with Crippen LogP contribution in [0.25, 0.3) is 10.9 Å². The van der Waals surface area contributed by atoms with Crippen molar-refractivity contribution < 1.29 is 27.0 Å². The van der Waals surface area contributed by atoms with Crippen LogP contribution in [0.3, 0.4) is 0 Å². The first kappa shape index (κ1) is 28.4. The number of nitrogens with zero attached hydrogens (tertiary/aromatic N) is 1. The molecule has 10 heteroatoms. The highest BCUT2D eigenvalue weighted by Crippen LogP contribution is 2.45. The van der Waals surface area contributed by atoms with Crippen molar-refractivity contribution in [2.24, 2.45) is 0 Å². The number of pyridine rings is 1. The summed E-state index contributed by atoms with van der Waals surface area (Å²) < 4.78 is 58.2. The van der Waals surface area contributed by atoms with Gasteiger partial charge in [-0.25, -0.2) is 22.2 Å². The van der Waals surface area contributed by atoms with E-state index >= 15 is 0 Å². The summed E-state index contributed by atoms with van der Waals surface area (Å²) in [5, 5.41) is 16.8. The lowest BCUT2D eigenvalue weighted by Gasteiger charge is -2.43. The molecule has 5 rings (SSSR count). The molecule has 0 aliphatic carbocycles. The van der Waals surface area contributed by atoms with Crippen LogP contribution >= 0.6 is 11.6 Å². The number of hydrogen-bond acceptors (Lipinski definition) is 6. The Bertz CT molecular complexity index is 1680. The van der Waals surface area contributed by atoms with Crippen LogP contribution in [0.1, 0.15) is 35.4 Å². The molecule has 0 spiro atoms. The first-order valence-corrected chi connectivity index (χ1v) is 15.1. The minimum Gasteiger partial charge on any atom is -0.481 e. The molecule has 3 atom stereocenters. The lowest BCUT2D eigenvalue weighted by Crippen LogP contribution is -2.52. The summed E-state index contributed by atoms with van der Waals surface area (Å²) in [6, 6.07) is 16.8. The molecule has 1 fully saturated rings. The molecule has 3 aromatic carbocycles. The Kier molecular flexibility index (Phi) is 7.85. The van der Waals surface area contributed by atoms with Gasteiger partial charge in [-0.3, -0.25) is 0 Å². The highest BCUT2D eigenvalue weighted by Gasteiger charge is 2.44. The van der Waals surface area contributed by atoms with Gasteiger partial charge in [-0.2, -0.15) is 0 Å². The average Bonchev–Trinajstić information content (AvgIpc) is 2.89. The van der Waals surface area contributed by atoms with Gasteiger partial charge in [-0.05, 0) is 79.4 Å². The zero-order valence-electron chi connectivity index (χ0n) is 22.0. The van der Waals surface area contributed by atoms with Crippen LogP contribution < -0.4 is 10.1 Å². The Morgan fingerprint density at radius 3 is 2.65 bits per heavy atom. The second-order valence-electron chi connectivity index (χ2n) is 10.4. The predicted molar refractivity (Wildman–Crippen MR) is 151 cm³/mol. The monoisotopic (exact) mass is 586 g/mol. The molecule has 2 N–H and O–H groups in total. The fourth-order valence-electron chi connectivity index (χ4n) is 5.67. The van der Waals surface area contributed by atoms with Gasteiger partial charge in [-0.1, -0.05) is 29.8 Å². The first-order chi connectivity index (χ1) is 19.0. The van der Waals surface area contributed by atoms with E-state index in [9.17, 15) is 22.3 Å². The van der Waals surface area contributed by atoms with Crippen LogP contribution in [0, 0.1) is 11.6 Å². The minimum atomic E-state index is -3.46. The van der Waals surface area contributed by atoms with Gasteiger partial charge in [-0.15, -0.1) is 0 Å². The molecule has 4 aromatic rings. The number of nitrogens with one attached hydrogen (secondary N) is 1. The number of halogens is 3. The number of benzene rings is 3. The standard InChI is InChI=1S/C30H29ClF2N2O4S/c1-39-29-25(15-20-14-24(40(2,37)38)8-9-27(20)35-29)28(19-4-3-5-21(31)12-19)30(36)10-11-34-23(17-30)13-18-6-7-22(32)16-26(18)33/h3-9,12,14-16,23,28,34,36H,10-11,13,17H2,1-2H3. The molecule has 210 valence electrons. The molecule has 6 nitrogen and oxygen atoms in total. The quantitative estimate of drug-likeness (QED) is 0.300. The van der Waals surface area contributed by atoms with E-state index < -0.39 is 33.0 Å². The number of ether oxygens (including phenoxy) is 1. The Balaban J connectivity index is 1.63. The second kappa shape index (κ2) is 11.0. The normalized spacial score (nSPS) is 20.4. The minimum absolute atomic E-state index is 0.152. The Labute approximate surface area is 236 Å². The van der Waals surface area contributed by atoms with E-state index in [0.29, 0.717) is 40.0 Å². The maximum atomic E-state index is 14.5. The number of aliphatic hydroxyl groups is 1. The fraction of sp³-hybridized carbons (Fsp3) is 0.300. The molecule has 0 saturated carbocycles. The second-order valence-corrected chi connectivity index (χ2v) is 12.8. The topological polar surface area (TPSA) is 88.5 Å². The van der Waals surface area contributed by atoms with E-state index in [0.717, 1.165) is 17.9 Å². The smallest absolute Gasteiger partial charge is 0.217 e. The van der Waals surface area contributed by atoms with Crippen molar-refractivity contribution in [3.63, 3.8) is 0 Å². The molecule has 1 aliphatic rings. The summed E-state index contributed by atoms with van der Waals surface area (Å²) in [5.74, 6) is -1.66. The molecule has 1 saturated heterocycles. The van der Waals surface area contributed by atoms with Crippen molar-refractivity contribution in [3.05, 3.63) is 100 Å². The van der Waals surface area contributed by atoms with Gasteiger partial charge in [0.05, 0.1) is 23.1 Å². The number of sulfone groups is 1. The van der Waals surface area contributed by atoms with Gasteiger partial charge in [0.1, 0.15) is 11.6 Å². The van der Waals surface area contributed by atoms with Gasteiger partial charge >= 0.3 is 0 Å². The van der Waals surface area contributed by atoms with E-state index in [-0.39, 0.29) is 29.7 Å². The van der Waals surface area contributed by atoms with Gasteiger partial charge in [0.2, 0.25) is 5.88 Å². The van der Waals surface area contributed by atoms with E-state index in [1.165, 1.54) is 25.3 Å². The summed E-state index contributed by atoms with van der Waals surface area (Å²) in [6.07, 6.45) is 1.99. The van der Waals surface area contributed by atoms with Crippen LogP contribution in [-0.2, 0) is 16.3 Å². The third kappa shape index (κ3) is 5.83. The number of methoxy groups -OCH3 is 1. The third-order valence-corrected chi connectivity index (χ3v) is 8.85. The van der Waals surface area contributed by atoms with Gasteiger partial charge in [0, 0.05) is 40.3 Å². The largest absolute Gasteiger partial charge is 0.481 e. The van der Waals surface area contributed by atoms with Gasteiger partial charge < -0.3 is 15.2 Å². The van der Waals surface area contributed by atoms with Crippen LogP contribution in [0.2, 0.25) is 5.02 Å². The Morgan fingerprint density at radius 2 is 1.95 bits per heavy atom. The van der Waals surface area contributed by atoms with E-state index in [2.05, 4.69) is 10.3 Å². The zero-order chi connectivity index (χ0) is 28.7. The maximum Gasteiger partial charge on any atom is 0.217 e. The van der Waals surface area contributed by atoms with Crippen LogP contribution in [-0.4, -0.2) is 50.1 Å². The molecule has 1 aliphatic heterocycles. The molecular formula is C30H29ClF2N2O4S. The summed E-state index contributed by atoms with van der Waals surface area (Å²) >= 11 is 6.39. The van der Waals surface area contributed by atoms with Crippen molar-refractivity contribution in [1.29, 1.82) is 0 Å². The molecule has 2 heterocycles. The van der Waals surface area contributed by atoms with Crippen molar-refractivity contribution in [2.45, 2.75) is 41.7 Å². The molecule has 0 amide bonds. The summed E-state index contributed by atoms with van der Waals surface area (Å²) in [6.45, 7) is 0.447. The number of piperidine rings is 1. The number of rotatable bonds is 7. The zero-order valence-corrected chi connectivity index (χ0v) is 23.6. The highest BCUT2D eigenvalue weighted by molar-refractivity contribution is 7.90. The molecular weight excluding hydrogens is 558 g/mol. The van der Waals surface area contributed by atoms with Crippen molar-refractivity contribution in [1.82, 2.24) is 10.3 Å². The first-order valence-electron chi connectivity index (χ1n) is 12.8. The fourth-order valence-corrected chi connectivity index (χ4v) is 6.53. The Morgan fingerprint density at radius 1 is 1.15 bits per heavy atom. The average molecular weight is 587 g/mol. The summed E-state index contributed by atoms with van der Waals surface area (Å²) in [5.41, 5.74) is 0.843. The Hall–Kier alpha value is -3.11.